The second kappa shape index (κ2) is 7.87. The van der Waals surface area contributed by atoms with E-state index in [0.29, 0.717) is 0 Å². The first-order chi connectivity index (χ1) is 13.5. The average molecular weight is 494 g/mol. The largest absolute Gasteiger partial charge is 0.506 e. The van der Waals surface area contributed by atoms with Gasteiger partial charge in [0.15, 0.2) is 4.75 Å². The number of rotatable bonds is 4. The lowest BCUT2D eigenvalue weighted by molar-refractivity contribution is 0.439. The van der Waals surface area contributed by atoms with E-state index < -0.39 is 37.0 Å². The number of benzene rings is 3. The summed E-state index contributed by atoms with van der Waals surface area (Å²) in [6, 6.07) is 12.5. The van der Waals surface area contributed by atoms with Gasteiger partial charge in [-0.05, 0) is 17.7 Å². The fourth-order valence-electron chi connectivity index (χ4n) is 3.20. The highest BCUT2D eigenvalue weighted by molar-refractivity contribution is 7.87. The highest BCUT2D eigenvalue weighted by Crippen LogP contribution is 2.53. The molecule has 152 valence electrons. The lowest BCUT2D eigenvalue weighted by Crippen LogP contribution is -2.38. The minimum Gasteiger partial charge on any atom is -0.506 e. The zero-order chi connectivity index (χ0) is 21.6. The first-order valence-corrected chi connectivity index (χ1v) is 10.9. The van der Waals surface area contributed by atoms with Crippen LogP contribution in [0.3, 0.4) is 0 Å². The zero-order valence-corrected chi connectivity index (χ0v) is 18.1. The van der Waals surface area contributed by atoms with Gasteiger partial charge in [-0.1, -0.05) is 88.9 Å². The summed E-state index contributed by atoms with van der Waals surface area (Å²) in [5.74, 6) is -1.15. The van der Waals surface area contributed by atoms with Crippen LogP contribution in [0.15, 0.2) is 54.6 Å². The van der Waals surface area contributed by atoms with Gasteiger partial charge in [0.1, 0.15) is 16.5 Å². The summed E-state index contributed by atoms with van der Waals surface area (Å²) < 4.78 is 33.9. The van der Waals surface area contributed by atoms with E-state index in [0.717, 1.165) is 6.07 Å². The van der Waals surface area contributed by atoms with Crippen molar-refractivity contribution in [1.82, 2.24) is 0 Å². The molecule has 0 heterocycles. The van der Waals surface area contributed by atoms with E-state index in [4.69, 9.17) is 46.4 Å². The van der Waals surface area contributed by atoms with Crippen LogP contribution in [0.4, 0.5) is 0 Å². The summed E-state index contributed by atoms with van der Waals surface area (Å²) in [4.78, 5) is 0. The fraction of sp³-hybridized carbons (Fsp3) is 0.0526. The van der Waals surface area contributed by atoms with Crippen LogP contribution in [0.5, 0.6) is 11.5 Å². The van der Waals surface area contributed by atoms with E-state index in [-0.39, 0.29) is 26.2 Å². The molecule has 0 saturated carbocycles. The molecule has 0 aliphatic rings. The molecule has 29 heavy (non-hydrogen) atoms. The van der Waals surface area contributed by atoms with E-state index in [1.54, 1.807) is 6.07 Å². The number of phenols is 2. The molecule has 1 atom stereocenters. The topological polar surface area (TPSA) is 94.8 Å². The molecule has 0 bridgehead atoms. The van der Waals surface area contributed by atoms with Crippen LogP contribution in [0.2, 0.25) is 20.1 Å². The van der Waals surface area contributed by atoms with E-state index >= 15 is 0 Å². The van der Waals surface area contributed by atoms with Crippen molar-refractivity contribution in [2.75, 3.05) is 0 Å². The zero-order valence-electron chi connectivity index (χ0n) is 14.3. The average Bonchev–Trinajstić information content (AvgIpc) is 2.67. The van der Waals surface area contributed by atoms with E-state index in [9.17, 15) is 23.2 Å². The maximum absolute atomic E-state index is 13.0. The van der Waals surface area contributed by atoms with Crippen LogP contribution >= 0.6 is 46.4 Å². The predicted octanol–water partition coefficient (Wildman–Crippen LogP) is 5.89. The van der Waals surface area contributed by atoms with Crippen molar-refractivity contribution in [2.45, 2.75) is 4.75 Å². The lowest BCUT2D eigenvalue weighted by atomic mass is 9.83. The molecule has 3 rings (SSSR count). The molecule has 0 spiro atoms. The summed E-state index contributed by atoms with van der Waals surface area (Å²) >= 11 is 24.4. The summed E-state index contributed by atoms with van der Waals surface area (Å²) in [5, 5.41) is 19.7. The molecule has 0 saturated heterocycles. The van der Waals surface area contributed by atoms with Crippen LogP contribution in [0.25, 0.3) is 0 Å². The molecule has 5 nitrogen and oxygen atoms in total. The fourth-order valence-corrected chi connectivity index (χ4v) is 5.44. The molecule has 0 aliphatic carbocycles. The van der Waals surface area contributed by atoms with Crippen molar-refractivity contribution in [3.8, 4) is 11.5 Å². The minimum absolute atomic E-state index is 0.0137. The minimum atomic E-state index is -5.11. The first kappa shape index (κ1) is 22.0. The van der Waals surface area contributed by atoms with Gasteiger partial charge >= 0.3 is 0 Å². The van der Waals surface area contributed by atoms with Gasteiger partial charge in [-0.3, -0.25) is 4.55 Å². The van der Waals surface area contributed by atoms with Gasteiger partial charge in [-0.2, -0.15) is 8.42 Å². The van der Waals surface area contributed by atoms with E-state index in [1.165, 1.54) is 42.5 Å². The second-order valence-electron chi connectivity index (χ2n) is 6.04. The van der Waals surface area contributed by atoms with Gasteiger partial charge in [0.25, 0.3) is 10.1 Å². The van der Waals surface area contributed by atoms with Crippen LogP contribution in [-0.2, 0) is 14.9 Å². The quantitative estimate of drug-likeness (QED) is 0.239. The van der Waals surface area contributed by atoms with Crippen LogP contribution in [0.1, 0.15) is 16.7 Å². The second-order valence-corrected chi connectivity index (χ2v) is 9.15. The van der Waals surface area contributed by atoms with Gasteiger partial charge in [0, 0.05) is 11.1 Å². The summed E-state index contributed by atoms with van der Waals surface area (Å²) in [6.45, 7) is 0. The molecule has 3 aromatic rings. The van der Waals surface area contributed by atoms with Crippen molar-refractivity contribution in [3.63, 3.8) is 0 Å². The smallest absolute Gasteiger partial charge is 0.283 e. The molecule has 0 fully saturated rings. The highest BCUT2D eigenvalue weighted by atomic mass is 35.5. The van der Waals surface area contributed by atoms with Gasteiger partial charge in [0.2, 0.25) is 0 Å². The van der Waals surface area contributed by atoms with Crippen molar-refractivity contribution in [3.05, 3.63) is 91.4 Å². The first-order valence-electron chi connectivity index (χ1n) is 7.91. The molecule has 0 amide bonds. The van der Waals surface area contributed by atoms with Crippen molar-refractivity contribution in [2.24, 2.45) is 0 Å². The Labute approximate surface area is 186 Å². The Bertz CT molecular complexity index is 1200. The van der Waals surface area contributed by atoms with Gasteiger partial charge < -0.3 is 10.2 Å². The highest BCUT2D eigenvalue weighted by Gasteiger charge is 2.52. The van der Waals surface area contributed by atoms with Gasteiger partial charge in [-0.25, -0.2) is 0 Å². The Morgan fingerprint density at radius 2 is 1.38 bits per heavy atom. The number of aromatic hydroxyl groups is 2. The summed E-state index contributed by atoms with van der Waals surface area (Å²) in [6.07, 6.45) is 0. The number of phenolic OH excluding ortho intramolecular Hbond substituents is 2. The number of halogens is 4. The summed E-state index contributed by atoms with van der Waals surface area (Å²) in [5.41, 5.74) is -0.601. The third kappa shape index (κ3) is 3.44. The molecule has 0 aliphatic heterocycles. The third-order valence-corrected chi connectivity index (χ3v) is 7.54. The number of hydrogen-bond donors (Lipinski definition) is 3. The van der Waals surface area contributed by atoms with Crippen LogP contribution in [-0.4, -0.2) is 23.2 Å². The monoisotopic (exact) mass is 492 g/mol. The van der Waals surface area contributed by atoms with Crippen molar-refractivity contribution < 1.29 is 23.2 Å². The normalized spacial score (nSPS) is 13.8. The molecular weight excluding hydrogens is 482 g/mol. The molecule has 0 radical (unpaired) electrons. The molecule has 0 aromatic heterocycles. The van der Waals surface area contributed by atoms with E-state index in [2.05, 4.69) is 0 Å². The van der Waals surface area contributed by atoms with Gasteiger partial charge in [-0.15, -0.1) is 0 Å². The predicted molar refractivity (Wildman–Crippen MR) is 114 cm³/mol. The van der Waals surface area contributed by atoms with Crippen LogP contribution in [0, 0.1) is 0 Å². The lowest BCUT2D eigenvalue weighted by Gasteiger charge is -2.34. The molecular formula is C19H12Cl4O5S. The molecule has 3 N–H and O–H groups in total. The van der Waals surface area contributed by atoms with Gasteiger partial charge in [0.05, 0.1) is 15.1 Å². The maximum Gasteiger partial charge on any atom is 0.283 e. The SMILES string of the molecule is O=S(=O)(O)C(c1ccccc1)(c1cc(Cl)c(Cl)c(Cl)c1O)c1cccc(O)c1Cl. The Balaban J connectivity index is 2.65. The number of hydrogen-bond acceptors (Lipinski definition) is 4. The Morgan fingerprint density at radius 1 is 0.759 bits per heavy atom. The maximum atomic E-state index is 13.0. The van der Waals surface area contributed by atoms with E-state index in [1.807, 2.05) is 0 Å². The molecule has 10 heteroatoms. The standard InChI is InChI=1S/C19H12Cl4O5S/c20-13-9-12(18(25)17(23)16(13)22)19(29(26,27)28,10-5-2-1-3-6-10)11-7-4-8-14(24)15(11)21/h1-9,24-25H,(H,26,27,28). The van der Waals surface area contributed by atoms with Crippen LogP contribution < -0.4 is 0 Å². The Hall–Kier alpha value is -1.67. The third-order valence-electron chi connectivity index (χ3n) is 4.44. The van der Waals surface area contributed by atoms with Crippen molar-refractivity contribution >= 4 is 56.5 Å². The Morgan fingerprint density at radius 3 is 1.97 bits per heavy atom. The molecule has 1 unspecified atom stereocenters. The summed E-state index contributed by atoms with van der Waals surface area (Å²) in [7, 11) is -5.11. The Kier molecular flexibility index (Phi) is 5.98. The molecule has 3 aromatic carbocycles. The van der Waals surface area contributed by atoms with Crippen molar-refractivity contribution in [1.29, 1.82) is 0 Å².